The zero-order valence-electron chi connectivity index (χ0n) is 9.86. The van der Waals surface area contributed by atoms with E-state index >= 15 is 0 Å². The fourth-order valence-corrected chi connectivity index (χ4v) is 2.04. The molecule has 0 bridgehead atoms. The van der Waals surface area contributed by atoms with Crippen molar-refractivity contribution in [3.63, 3.8) is 0 Å². The van der Waals surface area contributed by atoms with E-state index in [0.29, 0.717) is 19.4 Å². The summed E-state index contributed by atoms with van der Waals surface area (Å²) in [6, 6.07) is 7.50. The minimum atomic E-state index is -2.51. The molecule has 1 atom stereocenters. The van der Waals surface area contributed by atoms with Crippen LogP contribution in [0.3, 0.4) is 0 Å². The van der Waals surface area contributed by atoms with E-state index in [0.717, 1.165) is 11.3 Å². The molecule has 0 saturated heterocycles. The van der Waals surface area contributed by atoms with Gasteiger partial charge in [-0.3, -0.25) is 4.79 Å². The van der Waals surface area contributed by atoms with Crippen LogP contribution in [0.15, 0.2) is 24.3 Å². The summed E-state index contributed by atoms with van der Waals surface area (Å²) in [5, 5.41) is 2.27. The summed E-state index contributed by atoms with van der Waals surface area (Å²) in [5.41, 5.74) is 0.951. The van der Waals surface area contributed by atoms with Crippen LogP contribution in [0.1, 0.15) is 12.0 Å². The Bertz CT molecular complexity index is 423. The first kappa shape index (κ1) is 12.8. The van der Waals surface area contributed by atoms with Gasteiger partial charge in [-0.25, -0.2) is 8.78 Å². The zero-order chi connectivity index (χ0) is 13.0. The molecule has 0 radical (unpaired) electrons. The fourth-order valence-electron chi connectivity index (χ4n) is 2.04. The Kier molecular flexibility index (Phi) is 4.12. The van der Waals surface area contributed by atoms with Crippen molar-refractivity contribution in [2.45, 2.75) is 19.3 Å². The number of nitrogens with one attached hydrogen (secondary N) is 1. The van der Waals surface area contributed by atoms with Crippen LogP contribution < -0.4 is 10.1 Å². The topological polar surface area (TPSA) is 38.3 Å². The summed E-state index contributed by atoms with van der Waals surface area (Å²) >= 11 is 0. The van der Waals surface area contributed by atoms with Gasteiger partial charge in [0.25, 0.3) is 6.43 Å². The van der Waals surface area contributed by atoms with Crippen molar-refractivity contribution in [1.82, 2.24) is 5.32 Å². The van der Waals surface area contributed by atoms with E-state index in [9.17, 15) is 13.6 Å². The van der Waals surface area contributed by atoms with E-state index in [-0.39, 0.29) is 11.8 Å². The Labute approximate surface area is 104 Å². The number of carbonyl (C=O) groups is 1. The molecule has 3 nitrogen and oxygen atoms in total. The molecule has 5 heteroatoms. The molecular weight excluding hydrogens is 240 g/mol. The molecule has 0 aliphatic carbocycles. The minimum Gasteiger partial charge on any atom is -0.493 e. The first-order valence-electron chi connectivity index (χ1n) is 5.93. The van der Waals surface area contributed by atoms with Crippen molar-refractivity contribution < 1.29 is 18.3 Å². The molecular formula is C13H15F2NO2. The van der Waals surface area contributed by atoms with Crippen LogP contribution in [-0.4, -0.2) is 25.5 Å². The summed E-state index contributed by atoms with van der Waals surface area (Å²) in [6.07, 6.45) is -1.43. The van der Waals surface area contributed by atoms with E-state index in [4.69, 9.17) is 4.74 Å². The van der Waals surface area contributed by atoms with Crippen molar-refractivity contribution >= 4 is 5.91 Å². The monoisotopic (exact) mass is 255 g/mol. The molecule has 1 amide bonds. The highest BCUT2D eigenvalue weighted by Crippen LogP contribution is 2.26. The van der Waals surface area contributed by atoms with Crippen molar-refractivity contribution in [2.75, 3.05) is 13.2 Å². The molecule has 2 rings (SSSR count). The molecule has 1 aromatic carbocycles. The maximum Gasteiger partial charge on any atom is 0.255 e. The maximum absolute atomic E-state index is 12.0. The van der Waals surface area contributed by atoms with E-state index in [1.807, 2.05) is 24.3 Å². The normalized spacial score (nSPS) is 18.7. The van der Waals surface area contributed by atoms with Gasteiger partial charge in [0.2, 0.25) is 5.91 Å². The fraction of sp³-hybridized carbons (Fsp3) is 0.462. The van der Waals surface area contributed by atoms with Gasteiger partial charge < -0.3 is 10.1 Å². The number of alkyl halides is 2. The van der Waals surface area contributed by atoms with Crippen LogP contribution in [0.25, 0.3) is 0 Å². The highest BCUT2D eigenvalue weighted by atomic mass is 19.3. The van der Waals surface area contributed by atoms with Crippen LogP contribution in [0, 0.1) is 5.92 Å². The van der Waals surface area contributed by atoms with E-state index < -0.39 is 13.0 Å². The second-order valence-electron chi connectivity index (χ2n) is 4.28. The van der Waals surface area contributed by atoms with Crippen molar-refractivity contribution in [2.24, 2.45) is 5.92 Å². The Hall–Kier alpha value is -1.65. The Morgan fingerprint density at radius 2 is 2.22 bits per heavy atom. The number of hydrogen-bond donors (Lipinski definition) is 1. The number of halogens is 2. The lowest BCUT2D eigenvalue weighted by Crippen LogP contribution is -2.35. The maximum atomic E-state index is 12.0. The first-order chi connectivity index (χ1) is 8.66. The number of ether oxygens (including phenoxy) is 1. The minimum absolute atomic E-state index is 0.299. The number of para-hydroxylation sites is 1. The number of fused-ring (bicyclic) bond motifs is 1. The van der Waals surface area contributed by atoms with Crippen LogP contribution in [-0.2, 0) is 11.2 Å². The van der Waals surface area contributed by atoms with Gasteiger partial charge in [-0.2, -0.15) is 0 Å². The number of benzene rings is 1. The molecule has 1 aromatic rings. The summed E-state index contributed by atoms with van der Waals surface area (Å²) in [4.78, 5) is 11.8. The molecule has 1 heterocycles. The largest absolute Gasteiger partial charge is 0.493 e. The van der Waals surface area contributed by atoms with Crippen LogP contribution in [0.2, 0.25) is 0 Å². The van der Waals surface area contributed by atoms with E-state index in [1.54, 1.807) is 0 Å². The van der Waals surface area contributed by atoms with Crippen molar-refractivity contribution in [1.29, 1.82) is 0 Å². The second-order valence-corrected chi connectivity index (χ2v) is 4.28. The average molecular weight is 255 g/mol. The Morgan fingerprint density at radius 1 is 1.44 bits per heavy atom. The predicted molar refractivity (Wildman–Crippen MR) is 62.8 cm³/mol. The number of rotatable bonds is 3. The van der Waals surface area contributed by atoms with Gasteiger partial charge in [-0.05, 0) is 24.5 Å². The summed E-state index contributed by atoms with van der Waals surface area (Å²) in [5.74, 6) is 0.157. The molecule has 1 aliphatic heterocycles. The summed E-state index contributed by atoms with van der Waals surface area (Å²) in [6.45, 7) is -0.151. The third-order valence-corrected chi connectivity index (χ3v) is 2.96. The van der Waals surface area contributed by atoms with Gasteiger partial charge in [-0.1, -0.05) is 18.2 Å². The quantitative estimate of drug-likeness (QED) is 0.897. The first-order valence-corrected chi connectivity index (χ1v) is 5.93. The van der Waals surface area contributed by atoms with E-state index in [2.05, 4.69) is 5.32 Å². The lowest BCUT2D eigenvalue weighted by molar-refractivity contribution is -0.125. The molecule has 1 N–H and O–H groups in total. The van der Waals surface area contributed by atoms with Gasteiger partial charge in [0.15, 0.2) is 0 Å². The zero-order valence-corrected chi connectivity index (χ0v) is 9.86. The Balaban J connectivity index is 2.01. The highest BCUT2D eigenvalue weighted by Gasteiger charge is 2.23. The molecule has 0 fully saturated rings. The lowest BCUT2D eigenvalue weighted by Gasteiger charge is -2.13. The molecule has 98 valence electrons. The second kappa shape index (κ2) is 5.80. The highest BCUT2D eigenvalue weighted by molar-refractivity contribution is 5.79. The molecule has 0 aromatic heterocycles. The van der Waals surface area contributed by atoms with Crippen molar-refractivity contribution in [3.05, 3.63) is 29.8 Å². The average Bonchev–Trinajstić information content (AvgIpc) is 2.57. The van der Waals surface area contributed by atoms with Crippen molar-refractivity contribution in [3.8, 4) is 5.75 Å². The third-order valence-electron chi connectivity index (χ3n) is 2.96. The van der Waals surface area contributed by atoms with Gasteiger partial charge in [0.05, 0.1) is 13.2 Å². The third kappa shape index (κ3) is 3.18. The van der Waals surface area contributed by atoms with Crippen LogP contribution in [0.5, 0.6) is 5.75 Å². The molecule has 0 spiro atoms. The SMILES string of the molecule is O=C(NCC(F)F)[C@@H]1CCOc2ccccc2C1. The van der Waals surface area contributed by atoms with Gasteiger partial charge in [0.1, 0.15) is 5.75 Å². The lowest BCUT2D eigenvalue weighted by atomic mass is 9.96. The standard InChI is InChI=1S/C13H15F2NO2/c14-12(15)8-16-13(17)10-5-6-18-11-4-2-1-3-9(11)7-10/h1-4,10,12H,5-8H2,(H,16,17)/t10-/m1/s1. The molecule has 0 saturated carbocycles. The smallest absolute Gasteiger partial charge is 0.255 e. The summed E-state index contributed by atoms with van der Waals surface area (Å²) < 4.78 is 29.6. The van der Waals surface area contributed by atoms with Crippen LogP contribution >= 0.6 is 0 Å². The van der Waals surface area contributed by atoms with Gasteiger partial charge in [0, 0.05) is 5.92 Å². The van der Waals surface area contributed by atoms with E-state index in [1.165, 1.54) is 0 Å². The predicted octanol–water partition coefficient (Wildman–Crippen LogP) is 2.01. The van der Waals surface area contributed by atoms with Gasteiger partial charge in [-0.15, -0.1) is 0 Å². The molecule has 18 heavy (non-hydrogen) atoms. The molecule has 0 unspecified atom stereocenters. The molecule has 1 aliphatic rings. The number of amides is 1. The number of hydrogen-bond acceptors (Lipinski definition) is 2. The number of carbonyl (C=O) groups excluding carboxylic acids is 1. The summed E-state index contributed by atoms with van der Waals surface area (Å²) in [7, 11) is 0. The Morgan fingerprint density at radius 3 is 3.00 bits per heavy atom. The van der Waals surface area contributed by atoms with Gasteiger partial charge >= 0.3 is 0 Å². The van der Waals surface area contributed by atoms with Crippen LogP contribution in [0.4, 0.5) is 8.78 Å².